The van der Waals surface area contributed by atoms with Crippen LogP contribution in [0.1, 0.15) is 44.6 Å². The van der Waals surface area contributed by atoms with Gasteiger partial charge in [0.1, 0.15) is 13.2 Å². The zero-order chi connectivity index (χ0) is 14.7. The molecule has 116 valence electrons. The van der Waals surface area contributed by atoms with Crippen LogP contribution in [0.5, 0.6) is 11.5 Å². The molecule has 1 fully saturated rings. The Morgan fingerprint density at radius 2 is 2.00 bits per heavy atom. The van der Waals surface area contributed by atoms with E-state index >= 15 is 0 Å². The number of ether oxygens (including phenoxy) is 2. The summed E-state index contributed by atoms with van der Waals surface area (Å²) in [6, 6.07) is 4.68. The van der Waals surface area contributed by atoms with E-state index in [9.17, 15) is 0 Å². The molecule has 0 spiro atoms. The highest BCUT2D eigenvalue weighted by Gasteiger charge is 2.23. The van der Waals surface area contributed by atoms with Crippen molar-refractivity contribution in [2.24, 2.45) is 5.92 Å². The molecule has 2 atom stereocenters. The minimum Gasteiger partial charge on any atom is -0.486 e. The van der Waals surface area contributed by atoms with Gasteiger partial charge < -0.3 is 14.8 Å². The van der Waals surface area contributed by atoms with Gasteiger partial charge in [-0.1, -0.05) is 37.8 Å². The normalized spacial score (nSPS) is 24.9. The molecule has 0 aromatic heterocycles. The van der Waals surface area contributed by atoms with Crippen molar-refractivity contribution < 1.29 is 9.47 Å². The first-order valence-electron chi connectivity index (χ1n) is 8.09. The summed E-state index contributed by atoms with van der Waals surface area (Å²) in [5, 5.41) is 4.37. The maximum absolute atomic E-state index is 6.29. The van der Waals surface area contributed by atoms with Crippen LogP contribution in [0.25, 0.3) is 0 Å². The molecule has 1 aromatic rings. The zero-order valence-electron chi connectivity index (χ0n) is 12.7. The summed E-state index contributed by atoms with van der Waals surface area (Å²) in [6.07, 6.45) is 6.63. The van der Waals surface area contributed by atoms with Crippen molar-refractivity contribution in [1.82, 2.24) is 5.32 Å². The van der Waals surface area contributed by atoms with Gasteiger partial charge in [0, 0.05) is 12.6 Å². The second kappa shape index (κ2) is 6.89. The number of rotatable bonds is 4. The van der Waals surface area contributed by atoms with Gasteiger partial charge in [-0.2, -0.15) is 0 Å². The first-order chi connectivity index (χ1) is 10.3. The molecule has 3 rings (SSSR count). The van der Waals surface area contributed by atoms with Crippen molar-refractivity contribution in [3.8, 4) is 11.5 Å². The van der Waals surface area contributed by atoms with E-state index in [-0.39, 0.29) is 0 Å². The molecule has 0 amide bonds. The van der Waals surface area contributed by atoms with Crippen molar-refractivity contribution in [3.05, 3.63) is 22.7 Å². The van der Waals surface area contributed by atoms with Gasteiger partial charge in [0.25, 0.3) is 0 Å². The van der Waals surface area contributed by atoms with Gasteiger partial charge in [0.05, 0.1) is 5.02 Å². The van der Waals surface area contributed by atoms with E-state index in [0.29, 0.717) is 30.0 Å². The summed E-state index contributed by atoms with van der Waals surface area (Å²) in [5.41, 5.74) is 1.17. The fourth-order valence-electron chi connectivity index (χ4n) is 3.48. The first kappa shape index (κ1) is 15.0. The van der Waals surface area contributed by atoms with E-state index in [0.717, 1.165) is 18.2 Å². The van der Waals surface area contributed by atoms with Crippen molar-refractivity contribution in [3.63, 3.8) is 0 Å². The maximum Gasteiger partial charge on any atom is 0.179 e. The SMILES string of the molecule is CCC1CCCCC1NCc1cc(Cl)c2c(c1)OCCO2. The molecule has 2 aliphatic rings. The third-order valence-corrected chi connectivity index (χ3v) is 4.94. The molecule has 1 heterocycles. The van der Waals surface area contributed by atoms with Gasteiger partial charge >= 0.3 is 0 Å². The number of fused-ring (bicyclic) bond motifs is 1. The number of hydrogen-bond acceptors (Lipinski definition) is 3. The van der Waals surface area contributed by atoms with E-state index in [1.165, 1.54) is 37.7 Å². The second-order valence-electron chi connectivity index (χ2n) is 6.04. The third kappa shape index (κ3) is 3.46. The van der Waals surface area contributed by atoms with Crippen LogP contribution in [0.2, 0.25) is 5.02 Å². The predicted octanol–water partition coefficient (Wildman–Crippen LogP) is 4.17. The lowest BCUT2D eigenvalue weighted by atomic mass is 9.83. The Hall–Kier alpha value is -0.930. The number of nitrogens with one attached hydrogen (secondary N) is 1. The predicted molar refractivity (Wildman–Crippen MR) is 85.3 cm³/mol. The zero-order valence-corrected chi connectivity index (χ0v) is 13.4. The monoisotopic (exact) mass is 309 g/mol. The molecular formula is C17H24ClNO2. The first-order valence-corrected chi connectivity index (χ1v) is 8.47. The molecule has 1 aliphatic carbocycles. The molecule has 1 aliphatic heterocycles. The average molecular weight is 310 g/mol. The van der Waals surface area contributed by atoms with Crippen molar-refractivity contribution in [2.45, 2.75) is 51.6 Å². The van der Waals surface area contributed by atoms with E-state index < -0.39 is 0 Å². The van der Waals surface area contributed by atoms with Gasteiger partial charge in [-0.3, -0.25) is 0 Å². The number of hydrogen-bond donors (Lipinski definition) is 1. The van der Waals surface area contributed by atoms with Crippen molar-refractivity contribution in [1.29, 1.82) is 0 Å². The molecule has 1 saturated carbocycles. The quantitative estimate of drug-likeness (QED) is 0.905. The van der Waals surface area contributed by atoms with Crippen LogP contribution in [0.3, 0.4) is 0 Å². The van der Waals surface area contributed by atoms with Gasteiger partial charge in [-0.05, 0) is 36.5 Å². The Kier molecular flexibility index (Phi) is 4.91. The summed E-state index contributed by atoms with van der Waals surface area (Å²) in [5.74, 6) is 2.28. The standard InChI is InChI=1S/C17H24ClNO2/c1-2-13-5-3-4-6-15(13)19-11-12-9-14(18)17-16(10-12)20-7-8-21-17/h9-10,13,15,19H,2-8,11H2,1H3. The summed E-state index contributed by atoms with van der Waals surface area (Å²) in [7, 11) is 0. The summed E-state index contributed by atoms with van der Waals surface area (Å²) in [4.78, 5) is 0. The minimum absolute atomic E-state index is 0.574. The molecule has 4 heteroatoms. The molecule has 1 N–H and O–H groups in total. The Balaban J connectivity index is 1.66. The van der Waals surface area contributed by atoms with Crippen molar-refractivity contribution in [2.75, 3.05) is 13.2 Å². The molecule has 1 aromatic carbocycles. The van der Waals surface area contributed by atoms with Crippen LogP contribution >= 0.6 is 11.6 Å². The van der Waals surface area contributed by atoms with Crippen LogP contribution < -0.4 is 14.8 Å². The minimum atomic E-state index is 0.574. The van der Waals surface area contributed by atoms with E-state index in [1.54, 1.807) is 0 Å². The molecule has 2 unspecified atom stereocenters. The molecule has 0 saturated heterocycles. The van der Waals surface area contributed by atoms with Crippen LogP contribution in [0.15, 0.2) is 12.1 Å². The number of benzene rings is 1. The van der Waals surface area contributed by atoms with E-state index in [1.807, 2.05) is 6.07 Å². The lowest BCUT2D eigenvalue weighted by Gasteiger charge is -2.32. The average Bonchev–Trinajstić information content (AvgIpc) is 2.53. The Bertz CT molecular complexity index is 492. The van der Waals surface area contributed by atoms with E-state index in [4.69, 9.17) is 21.1 Å². The second-order valence-corrected chi connectivity index (χ2v) is 6.45. The molecule has 21 heavy (non-hydrogen) atoms. The Labute approximate surface area is 132 Å². The summed E-state index contributed by atoms with van der Waals surface area (Å²) in [6.45, 7) is 4.31. The fourth-order valence-corrected chi connectivity index (χ4v) is 3.77. The van der Waals surface area contributed by atoms with Crippen molar-refractivity contribution >= 4 is 11.6 Å². The highest BCUT2D eigenvalue weighted by Crippen LogP contribution is 2.38. The number of halogens is 1. The smallest absolute Gasteiger partial charge is 0.179 e. The molecule has 0 bridgehead atoms. The Morgan fingerprint density at radius 1 is 1.19 bits per heavy atom. The summed E-state index contributed by atoms with van der Waals surface area (Å²) < 4.78 is 11.2. The third-order valence-electron chi connectivity index (χ3n) is 4.66. The van der Waals surface area contributed by atoms with Gasteiger partial charge in [0.15, 0.2) is 11.5 Å². The van der Waals surface area contributed by atoms with E-state index in [2.05, 4.69) is 18.3 Å². The topological polar surface area (TPSA) is 30.5 Å². The van der Waals surface area contributed by atoms with Crippen LogP contribution in [-0.2, 0) is 6.54 Å². The van der Waals surface area contributed by atoms with Crippen LogP contribution in [0.4, 0.5) is 0 Å². The lowest BCUT2D eigenvalue weighted by Crippen LogP contribution is -2.37. The van der Waals surface area contributed by atoms with Gasteiger partial charge in [-0.15, -0.1) is 0 Å². The largest absolute Gasteiger partial charge is 0.486 e. The Morgan fingerprint density at radius 3 is 2.86 bits per heavy atom. The highest BCUT2D eigenvalue weighted by molar-refractivity contribution is 6.32. The van der Waals surface area contributed by atoms with Gasteiger partial charge in [0.2, 0.25) is 0 Å². The van der Waals surface area contributed by atoms with Crippen LogP contribution in [0, 0.1) is 5.92 Å². The maximum atomic E-state index is 6.29. The molecule has 3 nitrogen and oxygen atoms in total. The van der Waals surface area contributed by atoms with Gasteiger partial charge in [-0.25, -0.2) is 0 Å². The highest BCUT2D eigenvalue weighted by atomic mass is 35.5. The molecule has 0 radical (unpaired) electrons. The molecular weight excluding hydrogens is 286 g/mol. The summed E-state index contributed by atoms with van der Waals surface area (Å²) >= 11 is 6.29. The van der Waals surface area contributed by atoms with Crippen LogP contribution in [-0.4, -0.2) is 19.3 Å². The fraction of sp³-hybridized carbons (Fsp3) is 0.647. The lowest BCUT2D eigenvalue weighted by molar-refractivity contribution is 0.171.